The highest BCUT2D eigenvalue weighted by Gasteiger charge is 2.51. The molecule has 1 fully saturated rings. The molecule has 0 radical (unpaired) electrons. The Morgan fingerprint density at radius 3 is 2.26 bits per heavy atom. The van der Waals surface area contributed by atoms with Crippen LogP contribution in [0.15, 0.2) is 48.7 Å². The van der Waals surface area contributed by atoms with Gasteiger partial charge in [0.1, 0.15) is 0 Å². The third-order valence-corrected chi connectivity index (χ3v) is 5.12. The number of nitrogens with zero attached hydrogens (tertiary/aromatic N) is 1. The van der Waals surface area contributed by atoms with Crippen molar-refractivity contribution in [2.24, 2.45) is 0 Å². The molecule has 0 aliphatic carbocycles. The summed E-state index contributed by atoms with van der Waals surface area (Å²) in [5, 5.41) is 3.48. The summed E-state index contributed by atoms with van der Waals surface area (Å²) >= 11 is 0. The molecule has 0 bridgehead atoms. The van der Waals surface area contributed by atoms with Crippen molar-refractivity contribution >= 4 is 34.3 Å². The first-order valence-electron chi connectivity index (χ1n) is 8.00. The lowest BCUT2D eigenvalue weighted by molar-refractivity contribution is 0.00578. The van der Waals surface area contributed by atoms with Crippen molar-refractivity contribution in [3.8, 4) is 0 Å². The van der Waals surface area contributed by atoms with Gasteiger partial charge < -0.3 is 9.31 Å². The molecule has 4 rings (SSSR count). The average Bonchev–Trinajstić information content (AvgIpc) is 2.75. The van der Waals surface area contributed by atoms with Crippen LogP contribution in [-0.2, 0) is 9.31 Å². The maximum absolute atomic E-state index is 6.12. The number of benzene rings is 2. The molecule has 0 amide bonds. The number of hydrogen-bond acceptors (Lipinski definition) is 3. The van der Waals surface area contributed by atoms with Crippen molar-refractivity contribution in [1.29, 1.82) is 0 Å². The first-order chi connectivity index (χ1) is 10.9. The minimum atomic E-state index is -0.372. The van der Waals surface area contributed by atoms with Crippen LogP contribution in [0.2, 0.25) is 0 Å². The van der Waals surface area contributed by atoms with Gasteiger partial charge in [-0.3, -0.25) is 4.98 Å². The summed E-state index contributed by atoms with van der Waals surface area (Å²) in [7, 11) is -0.372. The topological polar surface area (TPSA) is 31.4 Å². The standard InChI is InChI=1S/C19H20BNO2/c1-18(2)19(3,4)23-20(22-18)15-11-14-10-9-13-7-5-6-8-16(13)17(14)21-12-15/h5-12H,1-4H3. The molecule has 116 valence electrons. The zero-order valence-electron chi connectivity index (χ0n) is 14.0. The van der Waals surface area contributed by atoms with Gasteiger partial charge >= 0.3 is 7.12 Å². The van der Waals surface area contributed by atoms with E-state index in [1.54, 1.807) is 0 Å². The van der Waals surface area contributed by atoms with Crippen LogP contribution in [0.1, 0.15) is 27.7 Å². The van der Waals surface area contributed by atoms with Crippen molar-refractivity contribution in [3.63, 3.8) is 0 Å². The van der Waals surface area contributed by atoms with E-state index in [2.05, 4.69) is 63.0 Å². The van der Waals surface area contributed by atoms with Crippen LogP contribution in [0.3, 0.4) is 0 Å². The highest BCUT2D eigenvalue weighted by molar-refractivity contribution is 6.62. The Bertz CT molecular complexity index is 888. The second-order valence-corrected chi connectivity index (χ2v) is 7.22. The van der Waals surface area contributed by atoms with Crippen LogP contribution in [0.25, 0.3) is 21.7 Å². The molecule has 0 spiro atoms. The molecule has 23 heavy (non-hydrogen) atoms. The van der Waals surface area contributed by atoms with E-state index in [9.17, 15) is 0 Å². The fourth-order valence-corrected chi connectivity index (χ4v) is 3.00. The van der Waals surface area contributed by atoms with Crippen molar-refractivity contribution < 1.29 is 9.31 Å². The Morgan fingerprint density at radius 2 is 1.52 bits per heavy atom. The zero-order valence-corrected chi connectivity index (χ0v) is 14.0. The second-order valence-electron chi connectivity index (χ2n) is 7.22. The molecule has 0 saturated carbocycles. The van der Waals surface area contributed by atoms with E-state index in [4.69, 9.17) is 9.31 Å². The fraction of sp³-hybridized carbons (Fsp3) is 0.316. The van der Waals surface area contributed by atoms with Gasteiger partial charge in [0.2, 0.25) is 0 Å². The summed E-state index contributed by atoms with van der Waals surface area (Å²) in [6, 6.07) is 14.7. The predicted octanol–water partition coefficient (Wildman–Crippen LogP) is 3.69. The number of aromatic nitrogens is 1. The average molecular weight is 305 g/mol. The number of fused-ring (bicyclic) bond motifs is 3. The Morgan fingerprint density at radius 1 is 0.870 bits per heavy atom. The van der Waals surface area contributed by atoms with Gasteiger partial charge in [0.05, 0.1) is 16.7 Å². The van der Waals surface area contributed by atoms with Crippen molar-refractivity contribution in [3.05, 3.63) is 48.7 Å². The molecule has 3 nitrogen and oxygen atoms in total. The summed E-state index contributed by atoms with van der Waals surface area (Å²) in [6.07, 6.45) is 1.87. The minimum absolute atomic E-state index is 0.337. The van der Waals surface area contributed by atoms with Crippen LogP contribution in [0.4, 0.5) is 0 Å². The van der Waals surface area contributed by atoms with Crippen LogP contribution in [0.5, 0.6) is 0 Å². The fourth-order valence-electron chi connectivity index (χ4n) is 3.00. The molecule has 0 unspecified atom stereocenters. The van der Waals surface area contributed by atoms with E-state index in [-0.39, 0.29) is 18.3 Å². The van der Waals surface area contributed by atoms with Gasteiger partial charge in [-0.2, -0.15) is 0 Å². The summed E-state index contributed by atoms with van der Waals surface area (Å²) in [5.41, 5.74) is 1.31. The molecule has 1 aromatic heterocycles. The summed E-state index contributed by atoms with van der Waals surface area (Å²) in [6.45, 7) is 8.26. The second kappa shape index (κ2) is 4.79. The third-order valence-electron chi connectivity index (χ3n) is 5.12. The smallest absolute Gasteiger partial charge is 0.399 e. The summed E-state index contributed by atoms with van der Waals surface area (Å²) in [4.78, 5) is 4.69. The van der Waals surface area contributed by atoms with Gasteiger partial charge in [-0.1, -0.05) is 42.5 Å². The molecule has 4 heteroatoms. The minimum Gasteiger partial charge on any atom is -0.399 e. The monoisotopic (exact) mass is 305 g/mol. The Kier molecular flexibility index (Phi) is 3.06. The van der Waals surface area contributed by atoms with Gasteiger partial charge in [-0.05, 0) is 33.1 Å². The zero-order chi connectivity index (χ0) is 16.2. The van der Waals surface area contributed by atoms with Crippen LogP contribution in [0, 0.1) is 0 Å². The summed E-state index contributed by atoms with van der Waals surface area (Å²) < 4.78 is 12.2. The van der Waals surface area contributed by atoms with Gasteiger partial charge in [0, 0.05) is 22.4 Å². The first-order valence-corrected chi connectivity index (χ1v) is 8.00. The molecule has 1 saturated heterocycles. The molecule has 2 aromatic carbocycles. The molecule has 1 aliphatic rings. The maximum Gasteiger partial charge on any atom is 0.496 e. The number of pyridine rings is 1. The van der Waals surface area contributed by atoms with E-state index in [0.29, 0.717) is 0 Å². The first kappa shape index (κ1) is 14.7. The molecular weight excluding hydrogens is 285 g/mol. The Hall–Kier alpha value is -1.91. The van der Waals surface area contributed by atoms with Crippen LogP contribution in [-0.4, -0.2) is 23.3 Å². The third kappa shape index (κ3) is 2.25. The molecule has 1 aliphatic heterocycles. The lowest BCUT2D eigenvalue weighted by Gasteiger charge is -2.32. The quantitative estimate of drug-likeness (QED) is 0.507. The summed E-state index contributed by atoms with van der Waals surface area (Å²) in [5.74, 6) is 0. The molecule has 0 atom stereocenters. The van der Waals surface area contributed by atoms with E-state index < -0.39 is 0 Å². The highest BCUT2D eigenvalue weighted by Crippen LogP contribution is 2.36. The SMILES string of the molecule is CC1(C)OB(c2cnc3c(ccc4ccccc43)c2)OC1(C)C. The van der Waals surface area contributed by atoms with Gasteiger partial charge in [0.25, 0.3) is 0 Å². The van der Waals surface area contributed by atoms with E-state index in [1.165, 1.54) is 10.8 Å². The largest absolute Gasteiger partial charge is 0.496 e. The van der Waals surface area contributed by atoms with Crippen molar-refractivity contribution in [1.82, 2.24) is 4.98 Å². The van der Waals surface area contributed by atoms with Crippen LogP contribution < -0.4 is 5.46 Å². The molecular formula is C19H20BNO2. The van der Waals surface area contributed by atoms with E-state index in [0.717, 1.165) is 16.4 Å². The Balaban J connectivity index is 1.80. The predicted molar refractivity (Wildman–Crippen MR) is 95.0 cm³/mol. The van der Waals surface area contributed by atoms with Gasteiger partial charge in [0.15, 0.2) is 0 Å². The van der Waals surface area contributed by atoms with Crippen molar-refractivity contribution in [2.45, 2.75) is 38.9 Å². The maximum atomic E-state index is 6.12. The number of hydrogen-bond donors (Lipinski definition) is 0. The lowest BCUT2D eigenvalue weighted by atomic mass is 9.79. The highest BCUT2D eigenvalue weighted by atomic mass is 16.7. The van der Waals surface area contributed by atoms with E-state index in [1.807, 2.05) is 18.3 Å². The van der Waals surface area contributed by atoms with E-state index >= 15 is 0 Å². The molecule has 3 aromatic rings. The Labute approximate surface area is 136 Å². The van der Waals surface area contributed by atoms with Crippen molar-refractivity contribution in [2.75, 3.05) is 0 Å². The normalized spacial score (nSPS) is 19.6. The van der Waals surface area contributed by atoms with Gasteiger partial charge in [-0.25, -0.2) is 0 Å². The molecule has 2 heterocycles. The molecule has 0 N–H and O–H groups in total. The van der Waals surface area contributed by atoms with Crippen LogP contribution >= 0.6 is 0 Å². The lowest BCUT2D eigenvalue weighted by Crippen LogP contribution is -2.41. The number of rotatable bonds is 1. The van der Waals surface area contributed by atoms with Gasteiger partial charge in [-0.15, -0.1) is 0 Å².